The van der Waals surface area contributed by atoms with Crippen molar-refractivity contribution in [1.29, 1.82) is 0 Å². The number of aromatic hydroxyl groups is 1. The Morgan fingerprint density at radius 2 is 2.11 bits per heavy atom. The van der Waals surface area contributed by atoms with E-state index in [4.69, 9.17) is 9.72 Å². The van der Waals surface area contributed by atoms with Crippen LogP contribution in [0.5, 0.6) is 5.75 Å². The third-order valence-corrected chi connectivity index (χ3v) is 7.11. The zero-order valence-electron chi connectivity index (χ0n) is 15.0. The van der Waals surface area contributed by atoms with Crippen LogP contribution in [-0.2, 0) is 22.7 Å². The molecule has 2 N–H and O–H groups in total. The molecule has 2 aromatic heterocycles. The minimum Gasteiger partial charge on any atom is -0.508 e. The van der Waals surface area contributed by atoms with E-state index in [1.54, 1.807) is 22.8 Å². The standard InChI is InChI=1S/C20H17N2O5P/c1-2-28(26)18-13-7-16-17-11(5-10-6-12(23)3-4-15(10)21-17)8-22(16)19(24)14(13)9-27-20(18)25/h3-7,18,23,26H,2,8-9H2,1H3. The van der Waals surface area contributed by atoms with E-state index in [1.165, 1.54) is 0 Å². The number of carbonyl (C=O) groups excluding carboxylic acids is 1. The molecule has 2 unspecified atom stereocenters. The van der Waals surface area contributed by atoms with Crippen LogP contribution >= 0.6 is 8.15 Å². The molecule has 0 amide bonds. The Hall–Kier alpha value is -2.76. The van der Waals surface area contributed by atoms with E-state index in [-0.39, 0.29) is 17.9 Å². The largest absolute Gasteiger partial charge is 0.508 e. The number of nitrogens with zero attached hydrogens (tertiary/aromatic N) is 2. The van der Waals surface area contributed by atoms with Gasteiger partial charge in [-0.25, -0.2) is 4.98 Å². The summed E-state index contributed by atoms with van der Waals surface area (Å²) < 4.78 is 6.83. The Balaban J connectivity index is 1.75. The number of aromatic nitrogens is 2. The summed E-state index contributed by atoms with van der Waals surface area (Å²) in [6, 6.07) is 8.68. The van der Waals surface area contributed by atoms with Gasteiger partial charge in [-0.1, -0.05) is 6.92 Å². The highest BCUT2D eigenvalue weighted by Crippen LogP contribution is 2.51. The molecule has 0 bridgehead atoms. The van der Waals surface area contributed by atoms with Gasteiger partial charge in [0, 0.05) is 19.1 Å². The third-order valence-electron chi connectivity index (χ3n) is 5.38. The lowest BCUT2D eigenvalue weighted by Gasteiger charge is -2.27. The summed E-state index contributed by atoms with van der Waals surface area (Å²) >= 11 is 0. The topological polar surface area (TPSA) is 102 Å². The molecule has 4 heterocycles. The molecule has 142 valence electrons. The fourth-order valence-corrected chi connectivity index (χ4v) is 5.22. The number of hydrogen-bond donors (Lipinski definition) is 2. The minimum atomic E-state index is -1.61. The summed E-state index contributed by atoms with van der Waals surface area (Å²) in [5, 5.41) is 10.5. The average Bonchev–Trinajstić information content (AvgIpc) is 3.03. The van der Waals surface area contributed by atoms with Crippen LogP contribution in [-0.4, -0.2) is 31.7 Å². The van der Waals surface area contributed by atoms with Gasteiger partial charge < -0.3 is 19.3 Å². The maximum atomic E-state index is 13.1. The van der Waals surface area contributed by atoms with Crippen molar-refractivity contribution in [3.63, 3.8) is 0 Å². The van der Waals surface area contributed by atoms with Crippen LogP contribution in [0.1, 0.15) is 29.3 Å². The van der Waals surface area contributed by atoms with Crippen LogP contribution < -0.4 is 5.56 Å². The Morgan fingerprint density at radius 3 is 2.89 bits per heavy atom. The molecular formula is C20H17N2O5P. The van der Waals surface area contributed by atoms with E-state index in [1.807, 2.05) is 19.1 Å². The normalized spacial score (nSPS) is 18.4. The van der Waals surface area contributed by atoms with E-state index in [2.05, 4.69) is 0 Å². The van der Waals surface area contributed by atoms with E-state index in [0.29, 0.717) is 40.7 Å². The summed E-state index contributed by atoms with van der Waals surface area (Å²) in [5.41, 5.74) is 2.90. The molecule has 0 fully saturated rings. The zero-order chi connectivity index (χ0) is 19.6. The van der Waals surface area contributed by atoms with Crippen LogP contribution in [0.25, 0.3) is 22.3 Å². The van der Waals surface area contributed by atoms with Gasteiger partial charge in [-0.3, -0.25) is 9.59 Å². The number of hydrogen-bond acceptors (Lipinski definition) is 6. The molecule has 7 nitrogen and oxygen atoms in total. The maximum absolute atomic E-state index is 13.1. The van der Waals surface area contributed by atoms with E-state index >= 15 is 0 Å². The van der Waals surface area contributed by atoms with Crippen LogP contribution in [0.4, 0.5) is 0 Å². The summed E-state index contributed by atoms with van der Waals surface area (Å²) in [6.45, 7) is 2.11. The molecule has 0 saturated carbocycles. The molecule has 0 aliphatic carbocycles. The second-order valence-electron chi connectivity index (χ2n) is 6.99. The van der Waals surface area contributed by atoms with Gasteiger partial charge in [0.1, 0.15) is 18.0 Å². The van der Waals surface area contributed by atoms with Crippen LogP contribution in [0.2, 0.25) is 0 Å². The lowest BCUT2D eigenvalue weighted by atomic mass is 10.0. The molecule has 0 radical (unpaired) electrons. The van der Waals surface area contributed by atoms with E-state index in [9.17, 15) is 19.6 Å². The SMILES string of the molecule is CCP(O)C1C(=O)OCc2c1cc1n(c2=O)Cc2cc3cc(O)ccc3nc2-1. The number of phenolic OH excluding ortho intramolecular Hbond substituents is 1. The van der Waals surface area contributed by atoms with Gasteiger partial charge in [-0.05, 0) is 42.1 Å². The molecule has 2 aliphatic heterocycles. The Kier molecular flexibility index (Phi) is 3.79. The van der Waals surface area contributed by atoms with Gasteiger partial charge in [0.2, 0.25) is 0 Å². The van der Waals surface area contributed by atoms with E-state index in [0.717, 1.165) is 10.9 Å². The second-order valence-corrected chi connectivity index (χ2v) is 9.02. The quantitative estimate of drug-likeness (QED) is 0.399. The van der Waals surface area contributed by atoms with Gasteiger partial charge in [-0.2, -0.15) is 0 Å². The fraction of sp³-hybridized carbons (Fsp3) is 0.250. The summed E-state index contributed by atoms with van der Waals surface area (Å²) in [5.74, 6) is -0.320. The molecule has 28 heavy (non-hydrogen) atoms. The number of phenols is 1. The lowest BCUT2D eigenvalue weighted by molar-refractivity contribution is -0.146. The smallest absolute Gasteiger partial charge is 0.320 e. The highest BCUT2D eigenvalue weighted by molar-refractivity contribution is 7.53. The Morgan fingerprint density at radius 1 is 1.29 bits per heavy atom. The molecule has 5 rings (SSSR count). The summed E-state index contributed by atoms with van der Waals surface area (Å²) in [4.78, 5) is 40.5. The molecule has 0 spiro atoms. The number of benzene rings is 1. The molecule has 3 aromatic rings. The van der Waals surface area contributed by atoms with Crippen molar-refractivity contribution >= 4 is 25.0 Å². The second kappa shape index (κ2) is 6.12. The zero-order valence-corrected chi connectivity index (χ0v) is 15.9. The molecule has 2 aliphatic rings. The van der Waals surface area contributed by atoms with Crippen molar-refractivity contribution < 1.29 is 19.5 Å². The van der Waals surface area contributed by atoms with Gasteiger partial charge >= 0.3 is 5.97 Å². The molecular weight excluding hydrogens is 379 g/mol. The van der Waals surface area contributed by atoms with Crippen molar-refractivity contribution in [2.45, 2.75) is 25.7 Å². The number of pyridine rings is 2. The van der Waals surface area contributed by atoms with Gasteiger partial charge in [-0.15, -0.1) is 0 Å². The number of cyclic esters (lactones) is 1. The van der Waals surface area contributed by atoms with Gasteiger partial charge in [0.25, 0.3) is 5.56 Å². The predicted octanol–water partition coefficient (Wildman–Crippen LogP) is 2.64. The number of carbonyl (C=O) groups is 1. The van der Waals surface area contributed by atoms with Crippen molar-refractivity contribution in [3.8, 4) is 17.1 Å². The summed E-state index contributed by atoms with van der Waals surface area (Å²) in [7, 11) is -1.61. The van der Waals surface area contributed by atoms with Crippen LogP contribution in [0.3, 0.4) is 0 Å². The maximum Gasteiger partial charge on any atom is 0.320 e. The lowest BCUT2D eigenvalue weighted by Crippen LogP contribution is -2.32. The average molecular weight is 396 g/mol. The Bertz CT molecular complexity index is 1220. The highest BCUT2D eigenvalue weighted by Gasteiger charge is 2.38. The number of esters is 1. The Labute approximate surface area is 161 Å². The first-order chi connectivity index (χ1) is 13.5. The van der Waals surface area contributed by atoms with Crippen molar-refractivity contribution in [2.75, 3.05) is 6.16 Å². The monoisotopic (exact) mass is 396 g/mol. The first-order valence-corrected chi connectivity index (χ1v) is 10.5. The van der Waals surface area contributed by atoms with E-state index < -0.39 is 19.8 Å². The van der Waals surface area contributed by atoms with Crippen molar-refractivity contribution in [2.24, 2.45) is 0 Å². The fourth-order valence-electron chi connectivity index (χ4n) is 3.98. The first-order valence-electron chi connectivity index (χ1n) is 8.99. The van der Waals surface area contributed by atoms with Crippen molar-refractivity contribution in [1.82, 2.24) is 9.55 Å². The third kappa shape index (κ3) is 2.40. The van der Waals surface area contributed by atoms with Crippen LogP contribution in [0.15, 0.2) is 35.1 Å². The van der Waals surface area contributed by atoms with Crippen LogP contribution in [0, 0.1) is 0 Å². The predicted molar refractivity (Wildman–Crippen MR) is 104 cm³/mol. The number of rotatable bonds is 2. The molecule has 0 saturated heterocycles. The number of fused-ring (bicyclic) bond motifs is 5. The molecule has 8 heteroatoms. The molecule has 1 aromatic carbocycles. The first kappa shape index (κ1) is 17.3. The van der Waals surface area contributed by atoms with Gasteiger partial charge in [0.15, 0.2) is 0 Å². The molecule has 2 atom stereocenters. The summed E-state index contributed by atoms with van der Waals surface area (Å²) in [6.07, 6.45) is 0.440. The minimum absolute atomic E-state index is 0.0731. The van der Waals surface area contributed by atoms with Crippen molar-refractivity contribution in [3.05, 3.63) is 57.4 Å². The highest BCUT2D eigenvalue weighted by atomic mass is 31.1. The van der Waals surface area contributed by atoms with Gasteiger partial charge in [0.05, 0.1) is 29.0 Å². The number of ether oxygens (including phenoxy) is 1.